The number of nitrogens with one attached hydrogen (secondary N) is 1. The lowest BCUT2D eigenvalue weighted by atomic mass is 10.2. The van der Waals surface area contributed by atoms with Crippen LogP contribution in [0.3, 0.4) is 0 Å². The fourth-order valence-corrected chi connectivity index (χ4v) is 3.54. The Bertz CT molecular complexity index is 677. The van der Waals surface area contributed by atoms with E-state index in [9.17, 15) is 14.0 Å². The van der Waals surface area contributed by atoms with Crippen molar-refractivity contribution < 1.29 is 14.0 Å². The van der Waals surface area contributed by atoms with E-state index in [4.69, 9.17) is 11.6 Å². The first-order chi connectivity index (χ1) is 12.4. The van der Waals surface area contributed by atoms with Crippen LogP contribution in [0.5, 0.6) is 0 Å². The van der Waals surface area contributed by atoms with Crippen molar-refractivity contribution in [1.29, 1.82) is 0 Å². The van der Waals surface area contributed by atoms with Gasteiger partial charge in [-0.15, -0.1) is 0 Å². The molecule has 0 radical (unpaired) electrons. The van der Waals surface area contributed by atoms with Gasteiger partial charge in [-0.25, -0.2) is 4.39 Å². The van der Waals surface area contributed by atoms with E-state index in [2.05, 4.69) is 17.1 Å². The van der Waals surface area contributed by atoms with E-state index in [1.807, 2.05) is 4.90 Å². The Balaban J connectivity index is 1.37. The zero-order valence-corrected chi connectivity index (χ0v) is 15.8. The van der Waals surface area contributed by atoms with E-state index in [1.54, 1.807) is 6.07 Å². The molecule has 1 aromatic rings. The van der Waals surface area contributed by atoms with Gasteiger partial charge in [0.25, 0.3) is 0 Å². The summed E-state index contributed by atoms with van der Waals surface area (Å²) < 4.78 is 13.1. The molecule has 3 rings (SSSR count). The number of piperazine rings is 1. The molecule has 0 bridgehead atoms. The molecule has 2 aliphatic rings. The summed E-state index contributed by atoms with van der Waals surface area (Å²) in [6.07, 6.45) is 1.30. The Kier molecular flexibility index (Phi) is 6.14. The zero-order chi connectivity index (χ0) is 18.7. The largest absolute Gasteiger partial charge is 0.355 e. The van der Waals surface area contributed by atoms with Crippen LogP contribution in [0.1, 0.15) is 25.3 Å². The summed E-state index contributed by atoms with van der Waals surface area (Å²) >= 11 is 6.08. The normalized spacial score (nSPS) is 23.0. The second-order valence-electron chi connectivity index (χ2n) is 7.25. The maximum Gasteiger partial charge on any atom is 0.224 e. The molecular formula is C19H25ClFN3O2. The van der Waals surface area contributed by atoms with Crippen LogP contribution in [0.4, 0.5) is 4.39 Å². The number of hydrogen-bond acceptors (Lipinski definition) is 3. The lowest BCUT2D eigenvalue weighted by Crippen LogP contribution is -2.48. The van der Waals surface area contributed by atoms with E-state index in [-0.39, 0.29) is 23.5 Å². The van der Waals surface area contributed by atoms with Crippen LogP contribution in [0.2, 0.25) is 5.02 Å². The molecule has 1 saturated heterocycles. The monoisotopic (exact) mass is 381 g/mol. The number of nitrogens with zero attached hydrogens (tertiary/aromatic N) is 2. The Morgan fingerprint density at radius 2 is 1.96 bits per heavy atom. The SMILES string of the molecule is CC1CC1C(=O)NCCC(=O)N1CCN(Cc2ccc(F)cc2Cl)CC1. The standard InChI is InChI=1S/C19H25ClFN3O2/c1-13-10-16(13)19(26)22-5-4-18(25)24-8-6-23(7-9-24)12-14-2-3-15(21)11-17(14)20/h2-3,11,13,16H,4-10,12H2,1H3,(H,22,26). The van der Waals surface area contributed by atoms with E-state index in [0.29, 0.717) is 43.5 Å². The van der Waals surface area contributed by atoms with Crippen molar-refractivity contribution in [3.63, 3.8) is 0 Å². The average Bonchev–Trinajstić information content (AvgIpc) is 3.35. The van der Waals surface area contributed by atoms with Gasteiger partial charge in [0.15, 0.2) is 0 Å². The molecule has 1 saturated carbocycles. The molecule has 0 spiro atoms. The molecule has 1 aliphatic carbocycles. The number of rotatable bonds is 6. The van der Waals surface area contributed by atoms with Gasteiger partial charge >= 0.3 is 0 Å². The number of halogens is 2. The van der Waals surface area contributed by atoms with E-state index in [1.165, 1.54) is 12.1 Å². The molecule has 1 aliphatic heterocycles. The molecule has 1 N–H and O–H groups in total. The molecule has 7 heteroatoms. The highest BCUT2D eigenvalue weighted by Crippen LogP contribution is 2.37. The molecule has 2 atom stereocenters. The lowest BCUT2D eigenvalue weighted by Gasteiger charge is -2.35. The summed E-state index contributed by atoms with van der Waals surface area (Å²) in [5, 5.41) is 3.29. The summed E-state index contributed by atoms with van der Waals surface area (Å²) in [4.78, 5) is 28.1. The lowest BCUT2D eigenvalue weighted by molar-refractivity contribution is -0.133. The van der Waals surface area contributed by atoms with Crippen LogP contribution in [0.15, 0.2) is 18.2 Å². The summed E-state index contributed by atoms with van der Waals surface area (Å²) in [5.41, 5.74) is 0.893. The van der Waals surface area contributed by atoms with Crippen molar-refractivity contribution in [3.8, 4) is 0 Å². The number of carbonyl (C=O) groups excluding carboxylic acids is 2. The fraction of sp³-hybridized carbons (Fsp3) is 0.579. The number of benzene rings is 1. The van der Waals surface area contributed by atoms with Gasteiger partial charge < -0.3 is 10.2 Å². The molecule has 2 fully saturated rings. The minimum Gasteiger partial charge on any atom is -0.355 e. The first-order valence-corrected chi connectivity index (χ1v) is 9.53. The van der Waals surface area contributed by atoms with Crippen molar-refractivity contribution in [2.24, 2.45) is 11.8 Å². The maximum atomic E-state index is 13.1. The maximum absolute atomic E-state index is 13.1. The summed E-state index contributed by atoms with van der Waals surface area (Å²) in [5.74, 6) is 0.442. The third-order valence-electron chi connectivity index (χ3n) is 5.22. The van der Waals surface area contributed by atoms with Crippen molar-refractivity contribution in [3.05, 3.63) is 34.6 Å². The number of hydrogen-bond donors (Lipinski definition) is 1. The molecule has 1 aromatic carbocycles. The summed E-state index contributed by atoms with van der Waals surface area (Å²) in [7, 11) is 0. The van der Waals surface area contributed by atoms with Gasteiger partial charge in [-0.1, -0.05) is 24.6 Å². The predicted molar refractivity (Wildman–Crippen MR) is 98.2 cm³/mol. The molecule has 142 valence electrons. The van der Waals surface area contributed by atoms with Crippen molar-refractivity contribution in [2.75, 3.05) is 32.7 Å². The van der Waals surface area contributed by atoms with Crippen LogP contribution >= 0.6 is 11.6 Å². The highest BCUT2D eigenvalue weighted by Gasteiger charge is 2.38. The molecule has 2 unspecified atom stereocenters. The molecule has 1 heterocycles. The fourth-order valence-electron chi connectivity index (χ4n) is 3.32. The first-order valence-electron chi connectivity index (χ1n) is 9.16. The minimum absolute atomic E-state index is 0.0753. The van der Waals surface area contributed by atoms with Crippen LogP contribution in [-0.2, 0) is 16.1 Å². The van der Waals surface area contributed by atoms with Crippen LogP contribution in [-0.4, -0.2) is 54.3 Å². The van der Waals surface area contributed by atoms with Crippen molar-refractivity contribution in [2.45, 2.75) is 26.3 Å². The van der Waals surface area contributed by atoms with Crippen molar-refractivity contribution >= 4 is 23.4 Å². The first kappa shape index (κ1) is 19.1. The van der Waals surface area contributed by atoms with Gasteiger partial charge in [-0.05, 0) is 30.0 Å². The topological polar surface area (TPSA) is 52.7 Å². The molecule has 26 heavy (non-hydrogen) atoms. The van der Waals surface area contributed by atoms with E-state index < -0.39 is 0 Å². The van der Waals surface area contributed by atoms with Crippen LogP contribution in [0.25, 0.3) is 0 Å². The average molecular weight is 382 g/mol. The number of amides is 2. The summed E-state index contributed by atoms with van der Waals surface area (Å²) in [6, 6.07) is 4.45. The Hall–Kier alpha value is -1.66. The smallest absolute Gasteiger partial charge is 0.224 e. The quantitative estimate of drug-likeness (QED) is 0.822. The second-order valence-corrected chi connectivity index (χ2v) is 7.66. The molecule has 5 nitrogen and oxygen atoms in total. The highest BCUT2D eigenvalue weighted by molar-refractivity contribution is 6.31. The highest BCUT2D eigenvalue weighted by atomic mass is 35.5. The Morgan fingerprint density at radius 1 is 1.27 bits per heavy atom. The Morgan fingerprint density at radius 3 is 2.58 bits per heavy atom. The number of carbonyl (C=O) groups is 2. The van der Waals surface area contributed by atoms with Gasteiger partial charge in [-0.3, -0.25) is 14.5 Å². The molecule has 2 amide bonds. The van der Waals surface area contributed by atoms with Gasteiger partial charge in [-0.2, -0.15) is 0 Å². The van der Waals surface area contributed by atoms with Crippen molar-refractivity contribution in [1.82, 2.24) is 15.1 Å². The second kappa shape index (κ2) is 8.35. The van der Waals surface area contributed by atoms with Gasteiger partial charge in [0.05, 0.1) is 0 Å². The van der Waals surface area contributed by atoms with Gasteiger partial charge in [0, 0.05) is 56.6 Å². The van der Waals surface area contributed by atoms with Gasteiger partial charge in [0.1, 0.15) is 5.82 Å². The van der Waals surface area contributed by atoms with E-state index in [0.717, 1.165) is 25.1 Å². The van der Waals surface area contributed by atoms with E-state index >= 15 is 0 Å². The molecular weight excluding hydrogens is 357 g/mol. The van der Waals surface area contributed by atoms with Gasteiger partial charge in [0.2, 0.25) is 11.8 Å². The summed E-state index contributed by atoms with van der Waals surface area (Å²) in [6.45, 7) is 5.95. The Labute approximate surface area is 158 Å². The molecule has 0 aromatic heterocycles. The van der Waals surface area contributed by atoms with Crippen LogP contribution in [0, 0.1) is 17.7 Å². The third kappa shape index (κ3) is 4.95. The minimum atomic E-state index is -0.336. The zero-order valence-electron chi connectivity index (χ0n) is 15.0. The predicted octanol–water partition coefficient (Wildman–Crippen LogP) is 2.29. The van der Waals surface area contributed by atoms with Crippen LogP contribution < -0.4 is 5.32 Å². The third-order valence-corrected chi connectivity index (χ3v) is 5.57.